The monoisotopic (exact) mass is 718 g/mol. The number of hydrogen-bond acceptors (Lipinski definition) is 9. The van der Waals surface area contributed by atoms with Crippen molar-refractivity contribution in [1.82, 2.24) is 39.1 Å². The Morgan fingerprint density at radius 3 is 2.66 bits per heavy atom. The van der Waals surface area contributed by atoms with E-state index >= 15 is 4.39 Å². The summed E-state index contributed by atoms with van der Waals surface area (Å²) in [6.45, 7) is 1.90. The largest absolute Gasteiger partial charge is 0.329 e. The third-order valence-corrected chi connectivity index (χ3v) is 11.1. The van der Waals surface area contributed by atoms with Crippen LogP contribution in [0.2, 0.25) is 0 Å². The van der Waals surface area contributed by atoms with E-state index in [0.29, 0.717) is 35.7 Å². The third kappa shape index (κ3) is 6.59. The maximum Gasteiger partial charge on any atom is 0.329 e. The van der Waals surface area contributed by atoms with Crippen LogP contribution in [0.25, 0.3) is 21.9 Å². The van der Waals surface area contributed by atoms with Crippen LogP contribution >= 0.6 is 0 Å². The number of rotatable bonds is 7. The SMILES string of the molecule is Cn1c(=O)n(C2CCC(=O)NC2=O)c2cccc(C3CCN(CC4CCC(n5cc6cc(NC(=O)c7cccc(C#N)n7)ncc6n5)CC4)CC3F)c21. The number of halogens is 1. The predicted octanol–water partition coefficient (Wildman–Crippen LogP) is 4.14. The van der Waals surface area contributed by atoms with E-state index in [4.69, 9.17) is 10.4 Å². The number of hydrogen-bond donors (Lipinski definition) is 2. The molecule has 2 N–H and O–H groups in total. The van der Waals surface area contributed by atoms with Crippen LogP contribution in [0, 0.1) is 17.2 Å². The number of imidazole rings is 1. The summed E-state index contributed by atoms with van der Waals surface area (Å²) < 4.78 is 21.0. The fourth-order valence-electron chi connectivity index (χ4n) is 8.44. The molecule has 14 nitrogen and oxygen atoms in total. The van der Waals surface area contributed by atoms with Gasteiger partial charge in [0.1, 0.15) is 41.0 Å². The van der Waals surface area contributed by atoms with Crippen molar-refractivity contribution < 1.29 is 18.8 Å². The van der Waals surface area contributed by atoms with Crippen molar-refractivity contribution in [3.8, 4) is 6.07 Å². The molecule has 2 saturated heterocycles. The fourth-order valence-corrected chi connectivity index (χ4v) is 8.44. The lowest BCUT2D eigenvalue weighted by molar-refractivity contribution is -0.135. The molecule has 1 saturated carbocycles. The quantitative estimate of drug-likeness (QED) is 0.235. The lowest BCUT2D eigenvalue weighted by Crippen LogP contribution is -2.44. The molecule has 4 aromatic heterocycles. The molecule has 8 rings (SSSR count). The number of nitrogens with zero attached hydrogens (tertiary/aromatic N) is 8. The van der Waals surface area contributed by atoms with E-state index in [1.54, 1.807) is 37.5 Å². The lowest BCUT2D eigenvalue weighted by atomic mass is 9.83. The number of carbonyl (C=O) groups is 3. The Morgan fingerprint density at radius 2 is 1.89 bits per heavy atom. The molecule has 0 radical (unpaired) electrons. The first kappa shape index (κ1) is 34.3. The van der Waals surface area contributed by atoms with Crippen LogP contribution in [-0.4, -0.2) is 77.3 Å². The summed E-state index contributed by atoms with van der Waals surface area (Å²) in [6, 6.07) is 13.4. The summed E-state index contributed by atoms with van der Waals surface area (Å²) in [7, 11) is 1.66. The van der Waals surface area contributed by atoms with Gasteiger partial charge in [0.2, 0.25) is 11.8 Å². The summed E-state index contributed by atoms with van der Waals surface area (Å²) in [5.41, 5.74) is 2.68. The number of anilines is 1. The molecule has 0 spiro atoms. The number of imide groups is 1. The van der Waals surface area contributed by atoms with E-state index in [1.807, 2.05) is 29.1 Å². The van der Waals surface area contributed by atoms with Crippen LogP contribution in [0.5, 0.6) is 0 Å². The van der Waals surface area contributed by atoms with E-state index < -0.39 is 24.0 Å². The fraction of sp³-hybridized carbons (Fsp3) is 0.421. The van der Waals surface area contributed by atoms with Gasteiger partial charge in [-0.15, -0.1) is 0 Å². The first-order chi connectivity index (χ1) is 25.7. The van der Waals surface area contributed by atoms with Gasteiger partial charge in [0.25, 0.3) is 5.91 Å². The maximum absolute atomic E-state index is 16.1. The number of piperidine rings is 2. The van der Waals surface area contributed by atoms with Gasteiger partial charge in [-0.1, -0.05) is 18.2 Å². The van der Waals surface area contributed by atoms with Gasteiger partial charge in [-0.2, -0.15) is 10.4 Å². The highest BCUT2D eigenvalue weighted by atomic mass is 19.1. The molecule has 2 aliphatic heterocycles. The third-order valence-electron chi connectivity index (χ3n) is 11.1. The van der Waals surface area contributed by atoms with Gasteiger partial charge in [-0.3, -0.25) is 33.5 Å². The Morgan fingerprint density at radius 1 is 1.08 bits per heavy atom. The topological polar surface area (TPSA) is 173 Å². The Bertz CT molecular complexity index is 2350. The highest BCUT2D eigenvalue weighted by molar-refractivity contribution is 6.03. The molecular formula is C38H39FN10O4. The van der Waals surface area contributed by atoms with Crippen molar-refractivity contribution in [2.45, 2.75) is 69.1 Å². The number of aromatic nitrogens is 6. The molecule has 1 aromatic carbocycles. The summed E-state index contributed by atoms with van der Waals surface area (Å²) in [5.74, 6) is -0.839. The zero-order valence-corrected chi connectivity index (χ0v) is 29.2. The van der Waals surface area contributed by atoms with Crippen molar-refractivity contribution in [1.29, 1.82) is 5.26 Å². The second-order valence-electron chi connectivity index (χ2n) is 14.5. The van der Waals surface area contributed by atoms with Gasteiger partial charge in [0.05, 0.1) is 23.3 Å². The van der Waals surface area contributed by atoms with Gasteiger partial charge in [-0.05, 0) is 80.8 Å². The van der Waals surface area contributed by atoms with Gasteiger partial charge < -0.3 is 10.2 Å². The minimum atomic E-state index is -1.11. The second kappa shape index (κ2) is 14.0. The number of carbonyl (C=O) groups excluding carboxylic acids is 3. The number of nitrogens with one attached hydrogen (secondary N) is 2. The predicted molar refractivity (Wildman–Crippen MR) is 193 cm³/mol. The van der Waals surface area contributed by atoms with E-state index in [1.165, 1.54) is 15.2 Å². The average Bonchev–Trinajstić information content (AvgIpc) is 3.70. The summed E-state index contributed by atoms with van der Waals surface area (Å²) >= 11 is 0. The smallest absolute Gasteiger partial charge is 0.305 e. The van der Waals surface area contributed by atoms with Crippen LogP contribution in [0.1, 0.15) is 84.7 Å². The van der Waals surface area contributed by atoms with Crippen LogP contribution in [0.15, 0.2) is 59.7 Å². The molecule has 15 heteroatoms. The van der Waals surface area contributed by atoms with Gasteiger partial charge in [-0.25, -0.2) is 19.2 Å². The van der Waals surface area contributed by atoms with Crippen molar-refractivity contribution in [2.24, 2.45) is 13.0 Å². The minimum absolute atomic E-state index is 0.134. The molecule has 6 heterocycles. The van der Waals surface area contributed by atoms with Crippen LogP contribution in [-0.2, 0) is 16.6 Å². The molecule has 0 bridgehead atoms. The van der Waals surface area contributed by atoms with Crippen molar-refractivity contribution in [3.63, 3.8) is 0 Å². The molecule has 1 aliphatic carbocycles. The Labute approximate surface area is 303 Å². The first-order valence-corrected chi connectivity index (χ1v) is 18.1. The molecule has 3 aliphatic rings. The second-order valence-corrected chi connectivity index (χ2v) is 14.5. The number of likely N-dealkylation sites (tertiary alicyclic amines) is 1. The number of benzene rings is 1. The Kier molecular flexibility index (Phi) is 9.07. The normalized spacial score (nSPS) is 23.9. The number of para-hydroxylation sites is 1. The molecule has 3 atom stereocenters. The highest BCUT2D eigenvalue weighted by Gasteiger charge is 2.36. The molecule has 3 unspecified atom stereocenters. The van der Waals surface area contributed by atoms with E-state index in [9.17, 15) is 19.2 Å². The standard InChI is InChI=1S/C38H39FN10O4/c1-46-35-27(5-3-7-31(35)49(38(46)53)32-12-13-34(50)44-37(32)52)26-14-15-47(21-28(26)39)19-22-8-10-25(11-9-22)48-20-23-16-33(41-18-30(23)45-48)43-36(51)29-6-2-4-24(17-40)42-29/h2-7,16,18,20,22,25-26,28,32H,8-15,19,21H2,1H3,(H,43,51)(H,44,50,52). The van der Waals surface area contributed by atoms with Crippen molar-refractivity contribution >= 4 is 45.5 Å². The van der Waals surface area contributed by atoms with Crippen LogP contribution < -0.4 is 16.3 Å². The lowest BCUT2D eigenvalue weighted by Gasteiger charge is -2.38. The van der Waals surface area contributed by atoms with Crippen molar-refractivity contribution in [3.05, 3.63) is 82.3 Å². The number of alkyl halides is 1. The van der Waals surface area contributed by atoms with E-state index in [-0.39, 0.29) is 47.8 Å². The number of fused-ring (bicyclic) bond motifs is 2. The number of amides is 3. The molecule has 5 aromatic rings. The first-order valence-electron chi connectivity index (χ1n) is 18.1. The number of nitriles is 1. The Hall–Kier alpha value is -5.75. The molecule has 3 amide bonds. The highest BCUT2D eigenvalue weighted by Crippen LogP contribution is 2.38. The van der Waals surface area contributed by atoms with Crippen LogP contribution in [0.3, 0.4) is 0 Å². The number of pyridine rings is 2. The zero-order valence-electron chi connectivity index (χ0n) is 29.2. The van der Waals surface area contributed by atoms with Gasteiger partial charge >= 0.3 is 5.69 Å². The van der Waals surface area contributed by atoms with Gasteiger partial charge in [0, 0.05) is 44.1 Å². The zero-order chi connectivity index (χ0) is 36.8. The van der Waals surface area contributed by atoms with E-state index in [2.05, 4.69) is 25.5 Å². The van der Waals surface area contributed by atoms with E-state index in [0.717, 1.165) is 55.2 Å². The summed E-state index contributed by atoms with van der Waals surface area (Å²) in [6.07, 6.45) is 7.44. The molecular weight excluding hydrogens is 679 g/mol. The minimum Gasteiger partial charge on any atom is -0.305 e. The van der Waals surface area contributed by atoms with Gasteiger partial charge in [0.15, 0.2) is 0 Å². The maximum atomic E-state index is 16.1. The summed E-state index contributed by atoms with van der Waals surface area (Å²) in [4.78, 5) is 61.1. The molecule has 3 fully saturated rings. The Balaban J connectivity index is 0.878. The van der Waals surface area contributed by atoms with Crippen LogP contribution in [0.4, 0.5) is 10.2 Å². The number of aryl methyl sites for hydroxylation is 1. The average molecular weight is 719 g/mol. The summed E-state index contributed by atoms with van der Waals surface area (Å²) in [5, 5.41) is 19.8. The van der Waals surface area contributed by atoms with Crippen molar-refractivity contribution in [2.75, 3.05) is 25.0 Å². The molecule has 272 valence electrons. The molecule has 53 heavy (non-hydrogen) atoms.